The molecule has 0 atom stereocenters. The molecule has 0 N–H and O–H groups in total. The van der Waals surface area contributed by atoms with Crippen molar-refractivity contribution in [1.82, 2.24) is 0 Å². The summed E-state index contributed by atoms with van der Waals surface area (Å²) in [6.07, 6.45) is 0. The quantitative estimate of drug-likeness (QED) is 0.592. The van der Waals surface area contributed by atoms with E-state index in [2.05, 4.69) is 0 Å². The number of ketones is 1. The molecule has 19 heavy (non-hydrogen) atoms. The summed E-state index contributed by atoms with van der Waals surface area (Å²) >= 11 is 5.95. The van der Waals surface area contributed by atoms with Gasteiger partial charge in [0.15, 0.2) is 0 Å². The summed E-state index contributed by atoms with van der Waals surface area (Å²) in [7, 11) is 0. The third-order valence-corrected chi connectivity index (χ3v) is 3.29. The second-order valence-corrected chi connectivity index (χ2v) is 4.52. The number of Topliss-reactive ketones (excluding diaryl/α,β-unsaturated/α-hetero) is 1. The van der Waals surface area contributed by atoms with Crippen molar-refractivity contribution in [3.63, 3.8) is 0 Å². The molecule has 0 amide bonds. The highest BCUT2D eigenvalue weighted by molar-refractivity contribution is 6.54. The zero-order valence-electron chi connectivity index (χ0n) is 9.56. The van der Waals surface area contributed by atoms with Crippen LogP contribution in [0.3, 0.4) is 0 Å². The molecule has 0 unspecified atom stereocenters. The van der Waals surface area contributed by atoms with Gasteiger partial charge in [0.05, 0.1) is 10.6 Å². The summed E-state index contributed by atoms with van der Waals surface area (Å²) in [6, 6.07) is 9.89. The Balaban J connectivity index is 2.20. The predicted molar refractivity (Wildman–Crippen MR) is 69.6 cm³/mol. The topological polar surface area (TPSA) is 43.1 Å². The Morgan fingerprint density at radius 2 is 1.79 bits per heavy atom. The summed E-state index contributed by atoms with van der Waals surface area (Å²) < 4.78 is 13.4. The molecule has 0 bridgehead atoms. The van der Waals surface area contributed by atoms with Crippen LogP contribution < -0.4 is 0 Å². The Hall–Kier alpha value is -2.20. The van der Waals surface area contributed by atoms with Gasteiger partial charge in [-0.2, -0.15) is 4.74 Å². The number of carbonyl (C=O) groups is 1. The maximum atomic E-state index is 12.9. The molecule has 94 valence electrons. The van der Waals surface area contributed by atoms with Crippen molar-refractivity contribution in [1.29, 1.82) is 0 Å². The Bertz CT molecular complexity index is 723. The highest BCUT2D eigenvalue weighted by Gasteiger charge is 2.38. The van der Waals surface area contributed by atoms with Crippen molar-refractivity contribution in [2.24, 2.45) is 0 Å². The molecule has 0 aromatic heterocycles. The van der Waals surface area contributed by atoms with Crippen LogP contribution in [-0.2, 0) is 0 Å². The van der Waals surface area contributed by atoms with E-state index in [1.54, 1.807) is 12.1 Å². The summed E-state index contributed by atoms with van der Waals surface area (Å²) in [5.74, 6) is -0.870. The van der Waals surface area contributed by atoms with E-state index in [9.17, 15) is 14.4 Å². The molecular weight excluding hydrogens is 269 g/mol. The van der Waals surface area contributed by atoms with E-state index in [0.717, 1.165) is 0 Å². The van der Waals surface area contributed by atoms with E-state index in [-0.39, 0.29) is 22.0 Å². The molecule has 1 aliphatic rings. The minimum atomic E-state index is -0.442. The molecule has 0 radical (unpaired) electrons. The van der Waals surface area contributed by atoms with Crippen LogP contribution in [0, 0.1) is 11.0 Å². The highest BCUT2D eigenvalue weighted by atomic mass is 35.5. The number of rotatable bonds is 1. The van der Waals surface area contributed by atoms with Crippen LogP contribution in [-0.4, -0.2) is 16.2 Å². The van der Waals surface area contributed by atoms with Crippen LogP contribution in [0.25, 0.3) is 0 Å². The van der Waals surface area contributed by atoms with Crippen LogP contribution in [0.4, 0.5) is 10.1 Å². The lowest BCUT2D eigenvalue weighted by Crippen LogP contribution is -2.16. The second-order valence-electron chi connectivity index (χ2n) is 4.11. The fourth-order valence-electron chi connectivity index (χ4n) is 2.09. The Labute approximate surface area is 113 Å². The third kappa shape index (κ3) is 1.72. The molecule has 5 heteroatoms. The zero-order valence-corrected chi connectivity index (χ0v) is 10.3. The summed E-state index contributed by atoms with van der Waals surface area (Å²) in [5, 5.41) is 12.4. The second kappa shape index (κ2) is 4.17. The lowest BCUT2D eigenvalue weighted by Gasteiger charge is -2.01. The molecular formula is C14H7ClFNO2. The molecule has 3 rings (SSSR count). The molecule has 0 spiro atoms. The van der Waals surface area contributed by atoms with Gasteiger partial charge in [0.1, 0.15) is 11.4 Å². The summed E-state index contributed by atoms with van der Waals surface area (Å²) in [4.78, 5) is 12.3. The largest absolute Gasteiger partial charge is 0.618 e. The fourth-order valence-corrected chi connectivity index (χ4v) is 2.35. The standard InChI is InChI=1S/C14H7ClFNO2/c15-10-2-1-3-11-12(10)14(18)13(17(11)19)8-4-6-9(16)7-5-8/h1-7H. The predicted octanol–water partition coefficient (Wildman–Crippen LogP) is 3.31. The van der Waals surface area contributed by atoms with E-state index < -0.39 is 11.6 Å². The van der Waals surface area contributed by atoms with Crippen molar-refractivity contribution in [2.45, 2.75) is 0 Å². The van der Waals surface area contributed by atoms with E-state index in [1.165, 1.54) is 30.3 Å². The number of nitrogens with zero attached hydrogens (tertiary/aromatic N) is 1. The van der Waals surface area contributed by atoms with Gasteiger partial charge < -0.3 is 5.21 Å². The van der Waals surface area contributed by atoms with Crippen LogP contribution in [0.15, 0.2) is 42.5 Å². The van der Waals surface area contributed by atoms with Gasteiger partial charge in [-0.3, -0.25) is 4.79 Å². The van der Waals surface area contributed by atoms with Crippen molar-refractivity contribution < 1.29 is 13.9 Å². The lowest BCUT2D eigenvalue weighted by atomic mass is 10.0. The van der Waals surface area contributed by atoms with E-state index in [0.29, 0.717) is 10.3 Å². The maximum absolute atomic E-state index is 12.9. The van der Waals surface area contributed by atoms with Crippen LogP contribution in [0.2, 0.25) is 5.02 Å². The molecule has 0 aliphatic carbocycles. The van der Waals surface area contributed by atoms with Gasteiger partial charge in [0, 0.05) is 6.07 Å². The van der Waals surface area contributed by atoms with Gasteiger partial charge in [0.2, 0.25) is 5.69 Å². The summed E-state index contributed by atoms with van der Waals surface area (Å²) in [6.45, 7) is 0. The van der Waals surface area contributed by atoms with Crippen molar-refractivity contribution >= 4 is 28.8 Å². The van der Waals surface area contributed by atoms with Crippen LogP contribution in [0.1, 0.15) is 15.9 Å². The third-order valence-electron chi connectivity index (χ3n) is 2.97. The number of hydrogen-bond donors (Lipinski definition) is 0. The molecule has 1 aliphatic heterocycles. The van der Waals surface area contributed by atoms with E-state index in [1.807, 2.05) is 0 Å². The average molecular weight is 276 g/mol. The van der Waals surface area contributed by atoms with Gasteiger partial charge in [-0.25, -0.2) is 4.39 Å². The van der Waals surface area contributed by atoms with Gasteiger partial charge in [0.25, 0.3) is 11.5 Å². The normalized spacial score (nSPS) is 13.9. The minimum Gasteiger partial charge on any atom is -0.618 e. The monoisotopic (exact) mass is 275 g/mol. The van der Waals surface area contributed by atoms with Gasteiger partial charge >= 0.3 is 0 Å². The van der Waals surface area contributed by atoms with Crippen molar-refractivity contribution in [3.05, 3.63) is 69.6 Å². The Morgan fingerprint density at radius 3 is 2.42 bits per heavy atom. The van der Waals surface area contributed by atoms with Gasteiger partial charge in [-0.05, 0) is 30.3 Å². The van der Waals surface area contributed by atoms with Gasteiger partial charge in [-0.15, -0.1) is 0 Å². The number of hydrogen-bond acceptors (Lipinski definition) is 2. The maximum Gasteiger partial charge on any atom is 0.273 e. The lowest BCUT2D eigenvalue weighted by molar-refractivity contribution is -0.355. The molecule has 2 aromatic carbocycles. The molecule has 0 saturated carbocycles. The Kier molecular flexibility index (Phi) is 2.61. The SMILES string of the molecule is O=C1C(c2ccc(F)cc2)=[N+]([O-])c2cccc(Cl)c21. The zero-order chi connectivity index (χ0) is 13.6. The van der Waals surface area contributed by atoms with Crippen molar-refractivity contribution in [3.8, 4) is 0 Å². The van der Waals surface area contributed by atoms with E-state index >= 15 is 0 Å². The summed E-state index contributed by atoms with van der Waals surface area (Å²) in [5.41, 5.74) is 0.743. The molecule has 3 nitrogen and oxygen atoms in total. The van der Waals surface area contributed by atoms with Crippen LogP contribution in [0.5, 0.6) is 0 Å². The first-order valence-electron chi connectivity index (χ1n) is 5.53. The highest BCUT2D eigenvalue weighted by Crippen LogP contribution is 2.33. The smallest absolute Gasteiger partial charge is 0.273 e. The molecule has 2 aromatic rings. The minimum absolute atomic E-state index is 0.0388. The van der Waals surface area contributed by atoms with E-state index in [4.69, 9.17) is 11.6 Å². The Morgan fingerprint density at radius 1 is 1.11 bits per heavy atom. The van der Waals surface area contributed by atoms with Gasteiger partial charge in [-0.1, -0.05) is 17.7 Å². The molecule has 1 heterocycles. The first-order chi connectivity index (χ1) is 9.09. The molecule has 0 fully saturated rings. The number of halogens is 2. The first-order valence-corrected chi connectivity index (χ1v) is 5.91. The average Bonchev–Trinajstić information content (AvgIpc) is 2.65. The van der Waals surface area contributed by atoms with Crippen LogP contribution >= 0.6 is 11.6 Å². The number of carbonyl (C=O) groups excluding carboxylic acids is 1. The molecule has 0 saturated heterocycles. The van der Waals surface area contributed by atoms with Crippen molar-refractivity contribution in [2.75, 3.05) is 0 Å². The fraction of sp³-hybridized carbons (Fsp3) is 0. The first kappa shape index (κ1) is 11.9. The number of fused-ring (bicyclic) bond motifs is 1. The number of benzene rings is 2.